The normalized spacial score (nSPS) is 15.7. The summed E-state index contributed by atoms with van der Waals surface area (Å²) >= 11 is 0. The summed E-state index contributed by atoms with van der Waals surface area (Å²) in [4.78, 5) is 25.8. The Labute approximate surface area is 192 Å². The van der Waals surface area contributed by atoms with Gasteiger partial charge >= 0.3 is 5.76 Å². The Kier molecular flexibility index (Phi) is 4.72. The fraction of sp³-hybridized carbons (Fsp3) is 0.120. The highest BCUT2D eigenvalue weighted by molar-refractivity contribution is 6.03. The third-order valence-electron chi connectivity index (χ3n) is 5.76. The zero-order valence-corrected chi connectivity index (χ0v) is 17.8. The number of furan rings is 2. The molecule has 0 aliphatic carbocycles. The van der Waals surface area contributed by atoms with Crippen LogP contribution in [0.1, 0.15) is 24.0 Å². The summed E-state index contributed by atoms with van der Waals surface area (Å²) in [5.41, 5.74) is 2.02. The lowest BCUT2D eigenvalue weighted by Gasteiger charge is -2.20. The summed E-state index contributed by atoms with van der Waals surface area (Å²) in [7, 11) is 0. The third kappa shape index (κ3) is 3.43. The highest BCUT2D eigenvalue weighted by Crippen LogP contribution is 2.34. The molecule has 0 N–H and O–H groups in total. The topological polar surface area (TPSA) is 107 Å². The number of carbonyl (C=O) groups excluding carboxylic acids is 1. The maximum absolute atomic E-state index is 13.4. The average Bonchev–Trinajstić information content (AvgIpc) is 3.65. The van der Waals surface area contributed by atoms with E-state index in [1.165, 1.54) is 9.58 Å². The van der Waals surface area contributed by atoms with Crippen molar-refractivity contribution in [2.24, 2.45) is 5.10 Å². The van der Waals surface area contributed by atoms with E-state index in [9.17, 15) is 9.59 Å². The molecule has 0 fully saturated rings. The Morgan fingerprint density at radius 2 is 1.85 bits per heavy atom. The number of hydrazone groups is 1. The molecular weight excluding hydrogens is 436 g/mol. The van der Waals surface area contributed by atoms with E-state index < -0.39 is 17.7 Å². The zero-order chi connectivity index (χ0) is 23.1. The van der Waals surface area contributed by atoms with E-state index in [1.54, 1.807) is 30.5 Å². The average molecular weight is 454 g/mol. The smallest absolute Gasteiger partial charge is 0.442 e. The van der Waals surface area contributed by atoms with Crippen LogP contribution in [0.3, 0.4) is 0 Å². The summed E-state index contributed by atoms with van der Waals surface area (Å²) in [6.45, 7) is -0.291. The summed E-state index contributed by atoms with van der Waals surface area (Å²) in [6, 6.07) is 21.7. The molecule has 1 unspecified atom stereocenters. The van der Waals surface area contributed by atoms with Crippen LogP contribution >= 0.6 is 0 Å². The molecule has 6 rings (SSSR count). The molecule has 0 saturated carbocycles. The molecule has 3 aromatic heterocycles. The molecular formula is C25H18N4O5. The second kappa shape index (κ2) is 8.04. The lowest BCUT2D eigenvalue weighted by molar-refractivity contribution is -0.134. The van der Waals surface area contributed by atoms with Gasteiger partial charge < -0.3 is 8.83 Å². The highest BCUT2D eigenvalue weighted by Gasteiger charge is 2.36. The van der Waals surface area contributed by atoms with Crippen LogP contribution in [0, 0.1) is 0 Å². The van der Waals surface area contributed by atoms with E-state index in [0.29, 0.717) is 29.2 Å². The summed E-state index contributed by atoms with van der Waals surface area (Å²) in [5.74, 6) is 0.316. The first-order chi connectivity index (χ1) is 16.7. The molecule has 1 aliphatic rings. The van der Waals surface area contributed by atoms with Crippen LogP contribution < -0.4 is 5.76 Å². The number of para-hydroxylation sites is 1. The number of hydrogen-bond acceptors (Lipinski definition) is 7. The number of hydrogen-bond donors (Lipinski definition) is 0. The van der Waals surface area contributed by atoms with Crippen molar-refractivity contribution < 1.29 is 18.2 Å². The molecule has 168 valence electrons. The highest BCUT2D eigenvalue weighted by atomic mass is 16.5. The first-order valence-corrected chi connectivity index (χ1v) is 10.7. The summed E-state index contributed by atoms with van der Waals surface area (Å²) < 4.78 is 17.6. The minimum atomic E-state index is -0.720. The first kappa shape index (κ1) is 20.0. The molecule has 4 heterocycles. The quantitative estimate of drug-likeness (QED) is 0.394. The summed E-state index contributed by atoms with van der Waals surface area (Å²) in [6.07, 6.45) is 1.96. The van der Waals surface area contributed by atoms with Gasteiger partial charge in [-0.25, -0.2) is 14.4 Å². The van der Waals surface area contributed by atoms with E-state index >= 15 is 0 Å². The van der Waals surface area contributed by atoms with Crippen molar-refractivity contribution in [1.29, 1.82) is 0 Å². The van der Waals surface area contributed by atoms with Crippen LogP contribution in [0.2, 0.25) is 0 Å². The molecule has 2 aromatic carbocycles. The Morgan fingerprint density at radius 3 is 2.65 bits per heavy atom. The number of fused-ring (bicyclic) bond motifs is 1. The minimum absolute atomic E-state index is 0.272. The van der Waals surface area contributed by atoms with Gasteiger partial charge in [-0.2, -0.15) is 5.10 Å². The van der Waals surface area contributed by atoms with E-state index in [1.807, 2.05) is 48.5 Å². The first-order valence-electron chi connectivity index (χ1n) is 10.7. The molecule has 9 heteroatoms. The van der Waals surface area contributed by atoms with Crippen molar-refractivity contribution in [2.75, 3.05) is 0 Å². The molecule has 5 aromatic rings. The minimum Gasteiger partial charge on any atom is -0.467 e. The van der Waals surface area contributed by atoms with Crippen molar-refractivity contribution in [2.45, 2.75) is 19.0 Å². The maximum atomic E-state index is 13.4. The van der Waals surface area contributed by atoms with Crippen LogP contribution in [0.25, 0.3) is 22.4 Å². The van der Waals surface area contributed by atoms with Crippen molar-refractivity contribution in [3.63, 3.8) is 0 Å². The monoisotopic (exact) mass is 454 g/mol. The number of carbonyl (C=O) groups is 1. The number of benzene rings is 2. The van der Waals surface area contributed by atoms with Gasteiger partial charge in [0, 0.05) is 17.4 Å². The van der Waals surface area contributed by atoms with Crippen LogP contribution in [-0.4, -0.2) is 26.4 Å². The van der Waals surface area contributed by atoms with Crippen LogP contribution in [0.5, 0.6) is 0 Å². The lowest BCUT2D eigenvalue weighted by Crippen LogP contribution is -2.33. The van der Waals surface area contributed by atoms with Gasteiger partial charge in [0.2, 0.25) is 0 Å². The van der Waals surface area contributed by atoms with Crippen molar-refractivity contribution >= 4 is 22.6 Å². The van der Waals surface area contributed by atoms with Gasteiger partial charge in [-0.3, -0.25) is 9.32 Å². The van der Waals surface area contributed by atoms with Gasteiger partial charge in [-0.1, -0.05) is 53.7 Å². The summed E-state index contributed by atoms with van der Waals surface area (Å²) in [5, 5.41) is 10.7. The van der Waals surface area contributed by atoms with Crippen molar-refractivity contribution in [1.82, 2.24) is 14.7 Å². The predicted molar refractivity (Wildman–Crippen MR) is 122 cm³/mol. The molecule has 0 spiro atoms. The Morgan fingerprint density at radius 1 is 1.03 bits per heavy atom. The number of nitrogens with zero attached hydrogens (tertiary/aromatic N) is 4. The van der Waals surface area contributed by atoms with E-state index in [-0.39, 0.29) is 12.4 Å². The Hall–Kier alpha value is -4.66. The second-order valence-electron chi connectivity index (χ2n) is 7.89. The van der Waals surface area contributed by atoms with Crippen molar-refractivity contribution in [3.05, 3.63) is 101 Å². The fourth-order valence-corrected chi connectivity index (χ4v) is 4.13. The molecule has 34 heavy (non-hydrogen) atoms. The lowest BCUT2D eigenvalue weighted by atomic mass is 10.1. The van der Waals surface area contributed by atoms with Gasteiger partial charge in [-0.15, -0.1) is 0 Å². The molecule has 1 atom stereocenters. The van der Waals surface area contributed by atoms with Gasteiger partial charge in [0.1, 0.15) is 29.6 Å². The van der Waals surface area contributed by atoms with Crippen LogP contribution in [-0.2, 0) is 11.3 Å². The molecule has 1 amide bonds. The van der Waals surface area contributed by atoms with E-state index in [2.05, 4.69) is 10.3 Å². The standard InChI is InChI=1S/C25H18N4O5/c30-23(15-28-24(27-34-25(28)31)16-7-2-1-3-8-16)29-19(21-11-6-12-32-21)14-18(26-29)22-13-17-9-4-5-10-20(17)33-22/h1-13,19H,14-15H2. The van der Waals surface area contributed by atoms with E-state index in [4.69, 9.17) is 13.4 Å². The molecule has 9 nitrogen and oxygen atoms in total. The Balaban J connectivity index is 1.35. The largest absolute Gasteiger partial charge is 0.467 e. The van der Waals surface area contributed by atoms with Gasteiger partial charge in [0.05, 0.1) is 6.26 Å². The third-order valence-corrected chi connectivity index (χ3v) is 5.76. The second-order valence-corrected chi connectivity index (χ2v) is 7.89. The molecule has 0 bridgehead atoms. The predicted octanol–water partition coefficient (Wildman–Crippen LogP) is 4.22. The maximum Gasteiger partial charge on any atom is 0.442 e. The zero-order valence-electron chi connectivity index (χ0n) is 17.8. The molecule has 1 aliphatic heterocycles. The van der Waals surface area contributed by atoms with Gasteiger partial charge in [0.25, 0.3) is 5.91 Å². The number of amides is 1. The van der Waals surface area contributed by atoms with E-state index in [0.717, 1.165) is 11.0 Å². The fourth-order valence-electron chi connectivity index (χ4n) is 4.13. The van der Waals surface area contributed by atoms with Gasteiger partial charge in [-0.05, 0) is 24.3 Å². The molecule has 0 radical (unpaired) electrons. The molecule has 0 saturated heterocycles. The van der Waals surface area contributed by atoms with Gasteiger partial charge in [0.15, 0.2) is 11.6 Å². The van der Waals surface area contributed by atoms with Crippen molar-refractivity contribution in [3.8, 4) is 11.4 Å². The number of aromatic nitrogens is 2. The van der Waals surface area contributed by atoms with Crippen LogP contribution in [0.15, 0.2) is 102 Å². The number of rotatable bonds is 5. The van der Waals surface area contributed by atoms with Crippen LogP contribution in [0.4, 0.5) is 0 Å². The Bertz CT molecular complexity index is 1530. The SMILES string of the molecule is O=C(Cn1c(-c2ccccc2)noc1=O)N1N=C(c2cc3ccccc3o2)CC1c1ccco1.